The van der Waals surface area contributed by atoms with Gasteiger partial charge in [-0.3, -0.25) is 4.57 Å². The van der Waals surface area contributed by atoms with E-state index >= 15 is 0 Å². The predicted molar refractivity (Wildman–Crippen MR) is 91.6 cm³/mol. The van der Waals surface area contributed by atoms with E-state index < -0.39 is 0 Å². The van der Waals surface area contributed by atoms with Crippen LogP contribution in [0.5, 0.6) is 0 Å². The minimum Gasteiger partial charge on any atom is -0.274 e. The molecule has 1 aromatic heterocycles. The van der Waals surface area contributed by atoms with E-state index in [4.69, 9.17) is 5.26 Å². The largest absolute Gasteiger partial charge is 0.274 e. The number of hydrogen-bond acceptors (Lipinski definition) is 4. The molecule has 0 bridgehead atoms. The molecule has 0 unspecified atom stereocenters. The average Bonchev–Trinajstić information content (AvgIpc) is 2.94. The Bertz CT molecular complexity index is 877. The van der Waals surface area contributed by atoms with Gasteiger partial charge in [-0.1, -0.05) is 42.1 Å². The van der Waals surface area contributed by atoms with Crippen LogP contribution >= 0.6 is 11.8 Å². The fourth-order valence-corrected chi connectivity index (χ4v) is 3.34. The van der Waals surface area contributed by atoms with Gasteiger partial charge in [-0.2, -0.15) is 5.26 Å². The molecule has 1 heterocycles. The van der Waals surface area contributed by atoms with Crippen molar-refractivity contribution < 1.29 is 0 Å². The van der Waals surface area contributed by atoms with Crippen LogP contribution in [0.4, 0.5) is 0 Å². The lowest BCUT2D eigenvalue weighted by molar-refractivity contribution is 0.862. The Kier molecular flexibility index (Phi) is 4.45. The van der Waals surface area contributed by atoms with E-state index in [-0.39, 0.29) is 0 Å². The summed E-state index contributed by atoms with van der Waals surface area (Å²) >= 11 is 1.62. The molecule has 0 atom stereocenters. The molecule has 0 amide bonds. The van der Waals surface area contributed by atoms with Gasteiger partial charge in [0.25, 0.3) is 0 Å². The third-order valence-corrected chi connectivity index (χ3v) is 4.58. The van der Waals surface area contributed by atoms with Gasteiger partial charge in [-0.05, 0) is 43.2 Å². The number of hydrogen-bond donors (Lipinski definition) is 0. The molecular weight excluding hydrogens is 304 g/mol. The van der Waals surface area contributed by atoms with E-state index in [1.165, 1.54) is 5.56 Å². The van der Waals surface area contributed by atoms with Gasteiger partial charge >= 0.3 is 0 Å². The smallest absolute Gasteiger partial charge is 0.196 e. The second-order valence-electron chi connectivity index (χ2n) is 5.25. The van der Waals surface area contributed by atoms with Crippen molar-refractivity contribution >= 4 is 11.8 Å². The molecule has 0 aliphatic carbocycles. The van der Waals surface area contributed by atoms with Crippen LogP contribution in [-0.2, 0) is 5.75 Å². The van der Waals surface area contributed by atoms with Crippen molar-refractivity contribution in [3.05, 3.63) is 71.0 Å². The van der Waals surface area contributed by atoms with Crippen LogP contribution < -0.4 is 0 Å². The number of nitriles is 1. The van der Waals surface area contributed by atoms with Crippen LogP contribution in [0.2, 0.25) is 0 Å². The first kappa shape index (κ1) is 15.3. The molecule has 3 rings (SSSR count). The Labute approximate surface area is 139 Å². The van der Waals surface area contributed by atoms with E-state index in [2.05, 4.69) is 39.9 Å². The highest BCUT2D eigenvalue weighted by Gasteiger charge is 2.13. The highest BCUT2D eigenvalue weighted by molar-refractivity contribution is 7.98. The number of aryl methyl sites for hydroxylation is 2. The van der Waals surface area contributed by atoms with Crippen LogP contribution in [0.1, 0.15) is 22.5 Å². The maximum absolute atomic E-state index is 8.99. The summed E-state index contributed by atoms with van der Waals surface area (Å²) < 4.78 is 2.08. The first-order chi connectivity index (χ1) is 11.2. The summed E-state index contributed by atoms with van der Waals surface area (Å²) in [7, 11) is 0. The number of thioether (sulfide) groups is 1. The summed E-state index contributed by atoms with van der Waals surface area (Å²) in [5.41, 5.74) is 4.07. The molecule has 0 saturated heterocycles. The van der Waals surface area contributed by atoms with Crippen molar-refractivity contribution in [3.63, 3.8) is 0 Å². The average molecular weight is 320 g/mol. The van der Waals surface area contributed by atoms with E-state index in [1.54, 1.807) is 11.8 Å². The number of nitrogens with zero attached hydrogens (tertiary/aromatic N) is 4. The van der Waals surface area contributed by atoms with E-state index in [1.807, 2.05) is 43.3 Å². The molecule has 2 aromatic carbocycles. The Morgan fingerprint density at radius 3 is 2.70 bits per heavy atom. The van der Waals surface area contributed by atoms with Crippen molar-refractivity contribution in [2.24, 2.45) is 0 Å². The summed E-state index contributed by atoms with van der Waals surface area (Å²) in [6, 6.07) is 18.0. The SMILES string of the molecule is Cc1ccccc1-n1c(C)nnc1SCc1cccc(C#N)c1. The fraction of sp³-hybridized carbons (Fsp3) is 0.167. The lowest BCUT2D eigenvalue weighted by atomic mass is 10.2. The number of aromatic nitrogens is 3. The van der Waals surface area contributed by atoms with Gasteiger partial charge < -0.3 is 0 Å². The molecule has 0 spiro atoms. The molecule has 0 radical (unpaired) electrons. The van der Waals surface area contributed by atoms with E-state index in [0.29, 0.717) is 5.56 Å². The zero-order valence-electron chi connectivity index (χ0n) is 13.0. The predicted octanol–water partition coefficient (Wildman–Crippen LogP) is 4.05. The fourth-order valence-electron chi connectivity index (χ4n) is 2.41. The first-order valence-electron chi connectivity index (χ1n) is 7.29. The van der Waals surface area contributed by atoms with Crippen LogP contribution in [-0.4, -0.2) is 14.8 Å². The maximum Gasteiger partial charge on any atom is 0.196 e. The second kappa shape index (κ2) is 6.67. The molecule has 114 valence electrons. The molecule has 0 saturated carbocycles. The summed E-state index contributed by atoms with van der Waals surface area (Å²) in [5.74, 6) is 1.62. The van der Waals surface area contributed by atoms with Gasteiger partial charge in [0, 0.05) is 5.75 Å². The van der Waals surface area contributed by atoms with Gasteiger partial charge in [-0.15, -0.1) is 10.2 Å². The van der Waals surface area contributed by atoms with Gasteiger partial charge in [0.05, 0.1) is 17.3 Å². The molecular formula is C18H16N4S. The lowest BCUT2D eigenvalue weighted by Gasteiger charge is -2.11. The standard InChI is InChI=1S/C18H16N4S/c1-13-6-3-4-9-17(13)22-14(2)20-21-18(22)23-12-16-8-5-7-15(10-16)11-19/h3-10H,12H2,1-2H3. The number of para-hydroxylation sites is 1. The summed E-state index contributed by atoms with van der Waals surface area (Å²) in [5, 5.41) is 18.4. The van der Waals surface area contributed by atoms with Crippen molar-refractivity contribution in [3.8, 4) is 11.8 Å². The zero-order valence-corrected chi connectivity index (χ0v) is 13.8. The Morgan fingerprint density at radius 1 is 1.09 bits per heavy atom. The quantitative estimate of drug-likeness (QED) is 0.681. The van der Waals surface area contributed by atoms with Crippen molar-refractivity contribution in [2.45, 2.75) is 24.8 Å². The van der Waals surface area contributed by atoms with Gasteiger partial charge in [0.1, 0.15) is 5.82 Å². The van der Waals surface area contributed by atoms with Gasteiger partial charge in [0.2, 0.25) is 0 Å². The van der Waals surface area contributed by atoms with Crippen molar-refractivity contribution in [2.75, 3.05) is 0 Å². The molecule has 0 aliphatic rings. The van der Waals surface area contributed by atoms with Gasteiger partial charge in [-0.25, -0.2) is 0 Å². The third-order valence-electron chi connectivity index (χ3n) is 3.58. The molecule has 5 heteroatoms. The molecule has 0 N–H and O–H groups in total. The van der Waals surface area contributed by atoms with Crippen molar-refractivity contribution in [1.82, 2.24) is 14.8 Å². The maximum atomic E-state index is 8.99. The summed E-state index contributed by atoms with van der Waals surface area (Å²) in [4.78, 5) is 0. The summed E-state index contributed by atoms with van der Waals surface area (Å²) in [6.45, 7) is 4.04. The Morgan fingerprint density at radius 2 is 1.91 bits per heavy atom. The number of rotatable bonds is 4. The van der Waals surface area contributed by atoms with Crippen molar-refractivity contribution in [1.29, 1.82) is 5.26 Å². The van der Waals surface area contributed by atoms with E-state index in [9.17, 15) is 0 Å². The minimum atomic E-state index is 0.680. The van der Waals surface area contributed by atoms with Crippen LogP contribution in [0, 0.1) is 25.2 Å². The van der Waals surface area contributed by atoms with E-state index in [0.717, 1.165) is 28.0 Å². The molecule has 3 aromatic rings. The Hall–Kier alpha value is -2.58. The zero-order chi connectivity index (χ0) is 16.2. The Balaban J connectivity index is 1.88. The highest BCUT2D eigenvalue weighted by Crippen LogP contribution is 2.26. The summed E-state index contributed by atoms with van der Waals surface area (Å²) in [6.07, 6.45) is 0. The normalized spacial score (nSPS) is 10.5. The molecule has 23 heavy (non-hydrogen) atoms. The van der Waals surface area contributed by atoms with Crippen LogP contribution in [0.15, 0.2) is 53.7 Å². The van der Waals surface area contributed by atoms with Crippen LogP contribution in [0.3, 0.4) is 0 Å². The third kappa shape index (κ3) is 3.27. The van der Waals surface area contributed by atoms with Gasteiger partial charge in [0.15, 0.2) is 5.16 Å². The second-order valence-corrected chi connectivity index (χ2v) is 6.20. The number of benzene rings is 2. The minimum absolute atomic E-state index is 0.680. The van der Waals surface area contributed by atoms with Crippen LogP contribution in [0.25, 0.3) is 5.69 Å². The first-order valence-corrected chi connectivity index (χ1v) is 8.27. The monoisotopic (exact) mass is 320 g/mol. The molecule has 4 nitrogen and oxygen atoms in total. The highest BCUT2D eigenvalue weighted by atomic mass is 32.2. The molecule has 0 aliphatic heterocycles. The lowest BCUT2D eigenvalue weighted by Crippen LogP contribution is -2.01. The molecule has 0 fully saturated rings. The topological polar surface area (TPSA) is 54.5 Å².